The van der Waals surface area contributed by atoms with E-state index in [1.165, 1.54) is 22.8 Å². The fourth-order valence-corrected chi connectivity index (χ4v) is 7.79. The molecule has 0 atom stereocenters. The third kappa shape index (κ3) is 8.67. The van der Waals surface area contributed by atoms with Gasteiger partial charge in [-0.2, -0.15) is 0 Å². The number of unbranched alkanes of at least 4 members (excludes halogenated alkanes) is 1. The highest BCUT2D eigenvalue weighted by Crippen LogP contribution is 2.70. The minimum atomic E-state index is -2.45. The molecule has 0 aromatic carbocycles. The fraction of sp³-hybridized carbons (Fsp3) is 1.00. The minimum Gasteiger partial charge on any atom is -0.314 e. The molecule has 0 aromatic rings. The third-order valence-corrected chi connectivity index (χ3v) is 9.49. The van der Waals surface area contributed by atoms with Crippen molar-refractivity contribution in [1.82, 2.24) is 0 Å². The lowest BCUT2D eigenvalue weighted by molar-refractivity contribution is 0.327. The van der Waals surface area contributed by atoms with Gasteiger partial charge in [0.05, 0.1) is 6.61 Å². The summed E-state index contributed by atoms with van der Waals surface area (Å²) in [6.45, 7) is 6.97. The van der Waals surface area contributed by atoms with E-state index < -0.39 is 5.77 Å². The first-order valence-electron chi connectivity index (χ1n) is 5.72. The molecule has 0 heterocycles. The van der Waals surface area contributed by atoms with Crippen molar-refractivity contribution in [2.75, 3.05) is 18.1 Å². The molecule has 0 amide bonds. The summed E-state index contributed by atoms with van der Waals surface area (Å²) in [6.07, 6.45) is 4.21. The quantitative estimate of drug-likeness (QED) is 0.403. The average molecular weight is 270 g/mol. The summed E-state index contributed by atoms with van der Waals surface area (Å²) < 4.78 is 17.9. The summed E-state index contributed by atoms with van der Waals surface area (Å²) in [7, 11) is 0. The Labute approximate surface area is 102 Å². The molecule has 0 rings (SSSR count). The average Bonchev–Trinajstić information content (AvgIpc) is 2.24. The predicted octanol–water partition coefficient (Wildman–Crippen LogP) is 5.20. The van der Waals surface area contributed by atoms with Gasteiger partial charge in [0.25, 0.3) is 0 Å². The van der Waals surface area contributed by atoms with E-state index in [1.807, 2.05) is 0 Å². The second kappa shape index (κ2) is 10.1. The summed E-state index contributed by atoms with van der Waals surface area (Å²) in [5, 5.41) is 0. The molecular weight excluding hydrogens is 247 g/mol. The highest BCUT2D eigenvalue weighted by molar-refractivity contribution is 8.89. The Morgan fingerprint density at radius 3 is 1.93 bits per heavy atom. The largest absolute Gasteiger partial charge is 0.314 e. The van der Waals surface area contributed by atoms with Crippen LogP contribution in [-0.2, 0) is 9.09 Å². The van der Waals surface area contributed by atoms with Crippen LogP contribution in [-0.4, -0.2) is 18.1 Å². The van der Waals surface area contributed by atoms with Gasteiger partial charge in [-0.1, -0.05) is 50.0 Å². The molecule has 2 nitrogen and oxygen atoms in total. The minimum absolute atomic E-state index is 0.640. The van der Waals surface area contributed by atoms with Gasteiger partial charge in [0.15, 0.2) is 0 Å². The molecule has 92 valence electrons. The molecule has 0 radical (unpaired) electrons. The van der Waals surface area contributed by atoms with E-state index in [0.29, 0.717) is 6.61 Å². The van der Waals surface area contributed by atoms with Crippen LogP contribution in [0.3, 0.4) is 0 Å². The van der Waals surface area contributed by atoms with Crippen molar-refractivity contribution in [2.45, 2.75) is 46.5 Å². The van der Waals surface area contributed by atoms with E-state index in [-0.39, 0.29) is 0 Å². The maximum Gasteiger partial charge on any atom is 0.313 e. The van der Waals surface area contributed by atoms with Gasteiger partial charge >= 0.3 is 5.77 Å². The van der Waals surface area contributed by atoms with E-state index >= 15 is 0 Å². The second-order valence-electron chi connectivity index (χ2n) is 3.30. The zero-order valence-corrected chi connectivity index (χ0v) is 12.6. The monoisotopic (exact) mass is 270 g/mol. The Morgan fingerprint density at radius 1 is 1.00 bits per heavy atom. The Bertz CT molecular complexity index is 176. The summed E-state index contributed by atoms with van der Waals surface area (Å²) >= 11 is 3.02. The number of hydrogen-bond acceptors (Lipinski definition) is 4. The normalized spacial score (nSPS) is 11.9. The molecule has 0 aromatic heterocycles. The van der Waals surface area contributed by atoms with Crippen LogP contribution in [0.25, 0.3) is 0 Å². The molecule has 0 spiro atoms. The summed E-state index contributed by atoms with van der Waals surface area (Å²) in [4.78, 5) is 0. The first-order chi connectivity index (χ1) is 7.18. The van der Waals surface area contributed by atoms with Crippen LogP contribution in [0.2, 0.25) is 0 Å². The Balaban J connectivity index is 3.96. The Hall–Kier alpha value is 0.890. The second-order valence-corrected chi connectivity index (χ2v) is 10.9. The van der Waals surface area contributed by atoms with Crippen LogP contribution in [0, 0.1) is 0 Å². The van der Waals surface area contributed by atoms with Gasteiger partial charge in [0.1, 0.15) is 0 Å². The van der Waals surface area contributed by atoms with Crippen LogP contribution in [0.5, 0.6) is 0 Å². The predicted molar refractivity (Wildman–Crippen MR) is 74.0 cm³/mol. The molecule has 15 heavy (non-hydrogen) atoms. The van der Waals surface area contributed by atoms with Crippen molar-refractivity contribution in [3.63, 3.8) is 0 Å². The summed E-state index contributed by atoms with van der Waals surface area (Å²) in [5.41, 5.74) is 0. The van der Waals surface area contributed by atoms with Crippen molar-refractivity contribution < 1.29 is 9.09 Å². The van der Waals surface area contributed by atoms with Gasteiger partial charge < -0.3 is 4.52 Å². The topological polar surface area (TPSA) is 26.3 Å². The smallest absolute Gasteiger partial charge is 0.313 e. The van der Waals surface area contributed by atoms with E-state index in [2.05, 4.69) is 20.8 Å². The van der Waals surface area contributed by atoms with Crippen LogP contribution in [0.4, 0.5) is 0 Å². The van der Waals surface area contributed by atoms with Crippen molar-refractivity contribution in [3.05, 3.63) is 0 Å². The molecule has 5 heteroatoms. The molecule has 0 saturated carbocycles. The molecule has 0 aliphatic carbocycles. The van der Waals surface area contributed by atoms with E-state index in [9.17, 15) is 4.57 Å². The van der Waals surface area contributed by atoms with Crippen LogP contribution < -0.4 is 0 Å². The van der Waals surface area contributed by atoms with Crippen molar-refractivity contribution in [1.29, 1.82) is 0 Å². The molecule has 0 fully saturated rings. The highest BCUT2D eigenvalue weighted by atomic mass is 33.1. The lowest BCUT2D eigenvalue weighted by atomic mass is 10.4. The molecule has 0 aliphatic heterocycles. The van der Waals surface area contributed by atoms with Crippen molar-refractivity contribution in [3.8, 4) is 0 Å². The van der Waals surface area contributed by atoms with Crippen LogP contribution >= 0.6 is 28.5 Å². The molecular formula is C10H23O2PS2. The lowest BCUT2D eigenvalue weighted by Gasteiger charge is -2.16. The van der Waals surface area contributed by atoms with E-state index in [4.69, 9.17) is 4.52 Å². The first kappa shape index (κ1) is 15.9. The summed E-state index contributed by atoms with van der Waals surface area (Å²) in [6, 6.07) is 0. The molecule has 0 aliphatic rings. The van der Waals surface area contributed by atoms with Crippen LogP contribution in [0.15, 0.2) is 0 Å². The SMILES string of the molecule is CCCCOP(=O)(SCCC)SCCC. The third-order valence-electron chi connectivity index (χ3n) is 1.65. The standard InChI is InChI=1S/C10H23O2PS2/c1-4-7-8-12-13(11,14-9-5-2)15-10-6-3/h4-10H2,1-3H3. The maximum atomic E-state index is 12.3. The molecule has 0 N–H and O–H groups in total. The first-order valence-corrected chi connectivity index (χ1v) is 10.5. The van der Waals surface area contributed by atoms with Crippen molar-refractivity contribution >= 4 is 28.5 Å². The number of rotatable bonds is 10. The fourth-order valence-electron chi connectivity index (χ4n) is 0.839. The van der Waals surface area contributed by atoms with Crippen LogP contribution in [0.1, 0.15) is 46.5 Å². The summed E-state index contributed by atoms with van der Waals surface area (Å²) in [5.74, 6) is -0.587. The number of hydrogen-bond donors (Lipinski definition) is 0. The highest BCUT2D eigenvalue weighted by Gasteiger charge is 2.23. The van der Waals surface area contributed by atoms with Gasteiger partial charge in [-0.3, -0.25) is 4.57 Å². The molecule has 0 unspecified atom stereocenters. The zero-order valence-electron chi connectivity index (χ0n) is 10.0. The maximum absolute atomic E-state index is 12.3. The van der Waals surface area contributed by atoms with Gasteiger partial charge in [-0.05, 0) is 19.3 Å². The van der Waals surface area contributed by atoms with Crippen molar-refractivity contribution in [2.24, 2.45) is 0 Å². The molecule has 0 bridgehead atoms. The lowest BCUT2D eigenvalue weighted by Crippen LogP contribution is -1.90. The van der Waals surface area contributed by atoms with Gasteiger partial charge in [0.2, 0.25) is 0 Å². The Kier molecular flexibility index (Phi) is 10.7. The zero-order chi connectivity index (χ0) is 11.6. The van der Waals surface area contributed by atoms with Gasteiger partial charge in [0, 0.05) is 11.5 Å². The molecule has 0 saturated heterocycles. The Morgan fingerprint density at radius 2 is 1.53 bits per heavy atom. The van der Waals surface area contributed by atoms with Gasteiger partial charge in [-0.25, -0.2) is 0 Å². The van der Waals surface area contributed by atoms with E-state index in [1.54, 1.807) is 0 Å². The van der Waals surface area contributed by atoms with E-state index in [0.717, 1.165) is 37.2 Å². The van der Waals surface area contributed by atoms with Gasteiger partial charge in [-0.15, -0.1) is 0 Å².